The van der Waals surface area contributed by atoms with Crippen LogP contribution in [0.3, 0.4) is 0 Å². The molecule has 5 aromatic rings. The second kappa shape index (κ2) is 0.926. The first-order valence-electron chi connectivity index (χ1n) is 4.04. The van der Waals surface area contributed by atoms with E-state index >= 15 is 0 Å². The minimum atomic E-state index is 1.18. The van der Waals surface area contributed by atoms with Gasteiger partial charge in [-0.2, -0.15) is 0 Å². The molecule has 0 N–H and O–H groups in total. The van der Waals surface area contributed by atoms with Gasteiger partial charge in [0, 0.05) is 44.7 Å². The molecule has 0 aliphatic rings. The van der Waals surface area contributed by atoms with E-state index in [9.17, 15) is 0 Å². The van der Waals surface area contributed by atoms with Gasteiger partial charge in [0.15, 0.2) is 0 Å². The molecule has 0 spiro atoms. The van der Waals surface area contributed by atoms with Crippen molar-refractivity contribution in [2.45, 2.75) is 0 Å². The minimum absolute atomic E-state index is 1.18. The van der Waals surface area contributed by atoms with Crippen molar-refractivity contribution in [1.82, 2.24) is 9.97 Å². The first kappa shape index (κ1) is 4.36. The molecule has 2 heteroatoms. The largest absolute Gasteiger partial charge is 0.255 e. The van der Waals surface area contributed by atoms with Gasteiger partial charge in [0.25, 0.3) is 0 Å². The maximum atomic E-state index is 4.39. The highest BCUT2D eigenvalue weighted by molar-refractivity contribution is 6.56. The number of hydrogen-bond acceptors (Lipinski definition) is 2. The summed E-state index contributed by atoms with van der Waals surface area (Å²) in [7, 11) is 0. The van der Waals surface area contributed by atoms with Crippen LogP contribution >= 0.6 is 0 Å². The Morgan fingerprint density at radius 2 is 1.17 bits per heavy atom. The van der Waals surface area contributed by atoms with Crippen molar-refractivity contribution in [3.63, 3.8) is 0 Å². The molecule has 0 fully saturated rings. The molecule has 0 aliphatic heterocycles. The zero-order valence-electron chi connectivity index (χ0n) is 6.05. The van der Waals surface area contributed by atoms with Crippen LogP contribution in [0.5, 0.6) is 0 Å². The molecule has 3 aromatic carbocycles. The Balaban J connectivity index is 2.57. The lowest BCUT2D eigenvalue weighted by molar-refractivity contribution is 1.39. The number of hydrogen-bond donors (Lipinski definition) is 0. The van der Waals surface area contributed by atoms with Crippen LogP contribution in [-0.2, 0) is 0 Å². The molecule has 0 aliphatic carbocycles. The van der Waals surface area contributed by atoms with Crippen molar-refractivity contribution in [2.24, 2.45) is 0 Å². The van der Waals surface area contributed by atoms with Crippen molar-refractivity contribution in [3.8, 4) is 0 Å². The summed E-state index contributed by atoms with van der Waals surface area (Å²) in [6, 6.07) is 0. The first-order valence-corrected chi connectivity index (χ1v) is 4.04. The third-order valence-corrected chi connectivity index (χ3v) is 3.17. The average Bonchev–Trinajstić information content (AvgIpc) is 1.92. The van der Waals surface area contributed by atoms with Gasteiger partial charge in [-0.15, -0.1) is 0 Å². The topological polar surface area (TPSA) is 25.8 Å². The number of fused-ring (bicyclic) bond motifs is 2. The highest BCUT2D eigenvalue weighted by Crippen LogP contribution is 2.56. The Labute approximate surface area is 66.5 Å². The molecule has 2 nitrogen and oxygen atoms in total. The van der Waals surface area contributed by atoms with Crippen LogP contribution in [0.2, 0.25) is 0 Å². The van der Waals surface area contributed by atoms with Crippen LogP contribution < -0.4 is 0 Å². The predicted octanol–water partition coefficient (Wildman–Crippen LogP) is 2.28. The zero-order valence-corrected chi connectivity index (χ0v) is 6.05. The van der Waals surface area contributed by atoms with Crippen LogP contribution in [0.4, 0.5) is 0 Å². The second-order valence-electron chi connectivity index (χ2n) is 3.54. The van der Waals surface area contributed by atoms with Crippen molar-refractivity contribution in [2.75, 3.05) is 0 Å². The Bertz CT molecular complexity index is 553. The van der Waals surface area contributed by atoms with E-state index < -0.39 is 0 Å². The van der Waals surface area contributed by atoms with Crippen molar-refractivity contribution in [3.05, 3.63) is 12.4 Å². The summed E-state index contributed by atoms with van der Waals surface area (Å²) >= 11 is 0. The van der Waals surface area contributed by atoms with Gasteiger partial charge in [-0.3, -0.25) is 9.97 Å². The van der Waals surface area contributed by atoms with E-state index in [1.165, 1.54) is 43.4 Å². The normalized spacial score (nSPS) is 14.7. The maximum absolute atomic E-state index is 4.39. The summed E-state index contributed by atoms with van der Waals surface area (Å²) in [5.74, 6) is 0. The molecule has 0 saturated heterocycles. The molecule has 0 saturated carbocycles. The number of pyridine rings is 2. The summed E-state index contributed by atoms with van der Waals surface area (Å²) in [6.45, 7) is 0. The zero-order chi connectivity index (χ0) is 7.45. The van der Waals surface area contributed by atoms with Gasteiger partial charge < -0.3 is 0 Å². The summed E-state index contributed by atoms with van der Waals surface area (Å²) in [5, 5.41) is 8.28. The van der Waals surface area contributed by atoms with Crippen LogP contribution in [0.15, 0.2) is 12.4 Å². The molecule has 52 valence electrons. The smallest absolute Gasteiger partial charge is 0.0809 e. The third-order valence-electron chi connectivity index (χ3n) is 3.17. The van der Waals surface area contributed by atoms with E-state index in [2.05, 4.69) is 9.97 Å². The standard InChI is InChI=1S/C10H2N2/c1-3-5-7-6-4(2-12-9(3)7)10(11-1)8(5)6/h1-2H. The summed E-state index contributed by atoms with van der Waals surface area (Å²) in [5.41, 5.74) is 2.35. The Morgan fingerprint density at radius 1 is 0.667 bits per heavy atom. The van der Waals surface area contributed by atoms with Gasteiger partial charge in [-0.05, 0) is 0 Å². The van der Waals surface area contributed by atoms with Gasteiger partial charge in [0.2, 0.25) is 0 Å². The summed E-state index contributed by atoms with van der Waals surface area (Å²) in [6.07, 6.45) is 3.92. The monoisotopic (exact) mass is 150 g/mol. The van der Waals surface area contributed by atoms with E-state index in [-0.39, 0.29) is 0 Å². The first-order chi connectivity index (χ1) is 5.97. The Hall–Kier alpha value is -1.70. The van der Waals surface area contributed by atoms with E-state index in [1.807, 2.05) is 12.4 Å². The van der Waals surface area contributed by atoms with Crippen LogP contribution in [0.25, 0.3) is 43.4 Å². The van der Waals surface area contributed by atoms with Gasteiger partial charge >= 0.3 is 0 Å². The molecular weight excluding hydrogens is 148 g/mol. The van der Waals surface area contributed by atoms with Gasteiger partial charge in [0.05, 0.1) is 11.0 Å². The lowest BCUT2D eigenvalue weighted by Gasteiger charge is -2.27. The fraction of sp³-hybridized carbons (Fsp3) is 0. The van der Waals surface area contributed by atoms with Crippen LogP contribution in [0.1, 0.15) is 0 Å². The predicted molar refractivity (Wildman–Crippen MR) is 48.0 cm³/mol. The van der Waals surface area contributed by atoms with E-state index in [1.54, 1.807) is 0 Å². The Kier molecular flexibility index (Phi) is 0.336. The van der Waals surface area contributed by atoms with Crippen molar-refractivity contribution >= 4 is 43.4 Å². The highest BCUT2D eigenvalue weighted by Gasteiger charge is 2.31. The molecule has 0 amide bonds. The lowest BCUT2D eigenvalue weighted by Crippen LogP contribution is -2.05. The molecule has 0 atom stereocenters. The lowest BCUT2D eigenvalue weighted by atomic mass is 9.78. The molecule has 2 heterocycles. The Morgan fingerprint density at radius 3 is 1.67 bits per heavy atom. The quantitative estimate of drug-likeness (QED) is 0.338. The molecule has 0 radical (unpaired) electrons. The highest BCUT2D eigenvalue weighted by atomic mass is 14.8. The van der Waals surface area contributed by atoms with Gasteiger partial charge in [-0.1, -0.05) is 0 Å². The van der Waals surface area contributed by atoms with Crippen molar-refractivity contribution < 1.29 is 0 Å². The fourth-order valence-electron chi connectivity index (χ4n) is 2.61. The third kappa shape index (κ3) is 0.190. The molecule has 0 bridgehead atoms. The van der Waals surface area contributed by atoms with E-state index in [0.29, 0.717) is 0 Å². The molecule has 0 unspecified atom stereocenters. The minimum Gasteiger partial charge on any atom is -0.255 e. The van der Waals surface area contributed by atoms with E-state index in [4.69, 9.17) is 0 Å². The molecular formula is C10H2N2. The molecule has 12 heavy (non-hydrogen) atoms. The van der Waals surface area contributed by atoms with E-state index in [0.717, 1.165) is 0 Å². The number of rotatable bonds is 0. The van der Waals surface area contributed by atoms with Gasteiger partial charge in [0.1, 0.15) is 0 Å². The second-order valence-corrected chi connectivity index (χ2v) is 3.54. The van der Waals surface area contributed by atoms with Crippen molar-refractivity contribution in [1.29, 1.82) is 0 Å². The van der Waals surface area contributed by atoms with Crippen LogP contribution in [0, 0.1) is 0 Å². The number of benzene rings is 2. The number of nitrogens with zero attached hydrogens (tertiary/aromatic N) is 2. The maximum Gasteiger partial charge on any atom is 0.0809 e. The van der Waals surface area contributed by atoms with Gasteiger partial charge in [-0.25, -0.2) is 0 Å². The SMILES string of the molecule is c1nc2c3cnc4c1c1c4c3c21. The molecule has 5 rings (SSSR count). The average molecular weight is 150 g/mol. The number of aromatic nitrogens is 2. The summed E-state index contributed by atoms with van der Waals surface area (Å²) < 4.78 is 0. The fourth-order valence-corrected chi connectivity index (χ4v) is 2.61. The summed E-state index contributed by atoms with van der Waals surface area (Å²) in [4.78, 5) is 8.79. The molecule has 2 aromatic heterocycles. The van der Waals surface area contributed by atoms with Crippen LogP contribution in [-0.4, -0.2) is 9.97 Å².